The number of ether oxygens (including phenoxy) is 1. The first-order valence-corrected chi connectivity index (χ1v) is 12.6. The number of hydrogen-bond acceptors (Lipinski definition) is 9. The number of sulfone groups is 1. The number of anilines is 1. The Kier molecular flexibility index (Phi) is 7.01. The fourth-order valence-corrected chi connectivity index (χ4v) is 3.68. The van der Waals surface area contributed by atoms with Gasteiger partial charge in [0.15, 0.2) is 11.5 Å². The van der Waals surface area contributed by atoms with E-state index in [0.29, 0.717) is 28.2 Å². The average molecular weight is 494 g/mol. The molecule has 4 aromatic rings. The highest BCUT2D eigenvalue weighted by Gasteiger charge is 2.11. The molecule has 0 saturated carbocycles. The Morgan fingerprint density at radius 1 is 1.17 bits per heavy atom. The lowest BCUT2D eigenvalue weighted by Crippen LogP contribution is -2.28. The number of nitrogens with zero attached hydrogens (tertiary/aromatic N) is 5. The second-order valence-electron chi connectivity index (χ2n) is 7.60. The van der Waals surface area contributed by atoms with Crippen LogP contribution < -0.4 is 15.5 Å². The first-order valence-electron chi connectivity index (χ1n) is 10.5. The van der Waals surface area contributed by atoms with Gasteiger partial charge in [0.05, 0.1) is 36.3 Å². The molecule has 0 aliphatic carbocycles. The second-order valence-corrected chi connectivity index (χ2v) is 9.85. The van der Waals surface area contributed by atoms with Crippen LogP contribution in [0.15, 0.2) is 66.2 Å². The number of carbonyl (C=O) groups is 1. The number of amides is 1. The van der Waals surface area contributed by atoms with Crippen LogP contribution in [-0.4, -0.2) is 66.0 Å². The monoisotopic (exact) mass is 493 g/mol. The number of hydrogen-bond donors (Lipinski definition) is 2. The molecule has 0 aliphatic rings. The van der Waals surface area contributed by atoms with E-state index in [0.717, 1.165) is 17.5 Å². The molecule has 0 fully saturated rings. The minimum absolute atomic E-state index is 0.0621. The number of rotatable bonds is 9. The van der Waals surface area contributed by atoms with E-state index in [1.807, 2.05) is 24.3 Å². The maximum Gasteiger partial charge on any atom is 0.251 e. The predicted octanol–water partition coefficient (Wildman–Crippen LogP) is 2.04. The summed E-state index contributed by atoms with van der Waals surface area (Å²) in [6.45, 7) is 0.0621. The maximum absolute atomic E-state index is 12.1. The summed E-state index contributed by atoms with van der Waals surface area (Å²) in [4.78, 5) is 20.7. The number of hydrazone groups is 1. The summed E-state index contributed by atoms with van der Waals surface area (Å²) in [6.07, 6.45) is 5.80. The largest absolute Gasteiger partial charge is 0.497 e. The minimum Gasteiger partial charge on any atom is -0.497 e. The molecule has 0 atom stereocenters. The third-order valence-electron chi connectivity index (χ3n) is 4.98. The summed E-state index contributed by atoms with van der Waals surface area (Å²) in [5.41, 5.74) is 5.49. The smallest absolute Gasteiger partial charge is 0.251 e. The lowest BCUT2D eigenvalue weighted by Gasteiger charge is -2.06. The summed E-state index contributed by atoms with van der Waals surface area (Å²) in [5.74, 6) is 0.749. The van der Waals surface area contributed by atoms with Gasteiger partial charge in [0.25, 0.3) is 5.91 Å². The molecule has 2 aromatic heterocycles. The lowest BCUT2D eigenvalue weighted by molar-refractivity contribution is 0.0956. The fourth-order valence-electron chi connectivity index (χ4n) is 3.20. The van der Waals surface area contributed by atoms with Gasteiger partial charge in [-0.25, -0.2) is 23.1 Å². The molecule has 0 unspecified atom stereocenters. The SMILES string of the molecule is COc1cccc(-n2ncc3c(N/N=C/c4ccc(C(=O)NCCS(C)(=O)=O)cc4)ncnc32)c1. The predicted molar refractivity (Wildman–Crippen MR) is 133 cm³/mol. The second kappa shape index (κ2) is 10.3. The quantitative estimate of drug-likeness (QED) is 0.267. The number of fused-ring (bicyclic) bond motifs is 1. The molecule has 12 heteroatoms. The third-order valence-corrected chi connectivity index (χ3v) is 5.92. The van der Waals surface area contributed by atoms with Gasteiger partial charge in [-0.3, -0.25) is 10.2 Å². The van der Waals surface area contributed by atoms with Gasteiger partial charge in [0.2, 0.25) is 0 Å². The molecule has 2 N–H and O–H groups in total. The van der Waals surface area contributed by atoms with Gasteiger partial charge in [-0.1, -0.05) is 18.2 Å². The molecule has 2 aromatic carbocycles. The van der Waals surface area contributed by atoms with Gasteiger partial charge in [0, 0.05) is 24.4 Å². The van der Waals surface area contributed by atoms with E-state index in [1.54, 1.807) is 48.5 Å². The molecule has 0 bridgehead atoms. The van der Waals surface area contributed by atoms with Crippen LogP contribution in [0.2, 0.25) is 0 Å². The molecule has 4 rings (SSSR count). The van der Waals surface area contributed by atoms with Crippen molar-refractivity contribution in [3.8, 4) is 11.4 Å². The number of nitrogens with one attached hydrogen (secondary N) is 2. The van der Waals surface area contributed by atoms with Crippen LogP contribution >= 0.6 is 0 Å². The molecule has 0 spiro atoms. The molecule has 2 heterocycles. The van der Waals surface area contributed by atoms with Crippen molar-refractivity contribution in [1.29, 1.82) is 0 Å². The Morgan fingerprint density at radius 3 is 2.71 bits per heavy atom. The number of aromatic nitrogens is 4. The first kappa shape index (κ1) is 23.8. The topological polar surface area (TPSA) is 140 Å². The Bertz CT molecular complexity index is 1480. The van der Waals surface area contributed by atoms with E-state index < -0.39 is 9.84 Å². The van der Waals surface area contributed by atoms with Crippen molar-refractivity contribution in [2.24, 2.45) is 5.10 Å². The van der Waals surface area contributed by atoms with E-state index in [9.17, 15) is 13.2 Å². The van der Waals surface area contributed by atoms with Gasteiger partial charge in [-0.2, -0.15) is 10.2 Å². The molecule has 180 valence electrons. The third kappa shape index (κ3) is 5.98. The standard InChI is InChI=1S/C23H23N7O4S/c1-34-19-5-3-4-18(12-19)30-22-20(14-28-30)21(25-15-26-22)29-27-13-16-6-8-17(9-7-16)23(31)24-10-11-35(2,32)33/h3-9,12-15H,10-11H2,1-2H3,(H,24,31)(H,25,26,29)/b27-13+. The Balaban J connectivity index is 1.43. The zero-order valence-electron chi connectivity index (χ0n) is 19.0. The Labute approximate surface area is 201 Å². The van der Waals surface area contributed by atoms with Crippen molar-refractivity contribution in [3.63, 3.8) is 0 Å². The van der Waals surface area contributed by atoms with E-state index in [2.05, 4.69) is 30.9 Å². The van der Waals surface area contributed by atoms with Crippen molar-refractivity contribution >= 4 is 38.8 Å². The number of methoxy groups -OCH3 is 1. The van der Waals surface area contributed by atoms with Crippen LogP contribution in [0.3, 0.4) is 0 Å². The minimum atomic E-state index is -3.13. The van der Waals surface area contributed by atoms with Gasteiger partial charge in [-0.05, 0) is 29.8 Å². The van der Waals surface area contributed by atoms with Gasteiger partial charge >= 0.3 is 0 Å². The normalized spacial score (nSPS) is 11.6. The molecule has 11 nitrogen and oxygen atoms in total. The van der Waals surface area contributed by atoms with E-state index in [-0.39, 0.29) is 18.2 Å². The number of carbonyl (C=O) groups excluding carboxylic acids is 1. The fraction of sp³-hybridized carbons (Fsp3) is 0.174. The highest BCUT2D eigenvalue weighted by atomic mass is 32.2. The maximum atomic E-state index is 12.1. The summed E-state index contributed by atoms with van der Waals surface area (Å²) >= 11 is 0. The molecule has 0 saturated heterocycles. The molecular formula is C23H23N7O4S. The van der Waals surface area contributed by atoms with E-state index in [1.165, 1.54) is 6.33 Å². The zero-order chi connectivity index (χ0) is 24.8. The van der Waals surface area contributed by atoms with Crippen LogP contribution in [0, 0.1) is 0 Å². The van der Waals surface area contributed by atoms with Gasteiger partial charge in [-0.15, -0.1) is 0 Å². The summed E-state index contributed by atoms with van der Waals surface area (Å²) in [5, 5.41) is 11.9. The Morgan fingerprint density at radius 2 is 1.97 bits per heavy atom. The van der Waals surface area contributed by atoms with Crippen LogP contribution in [0.4, 0.5) is 5.82 Å². The first-order chi connectivity index (χ1) is 16.8. The van der Waals surface area contributed by atoms with Gasteiger partial charge < -0.3 is 10.1 Å². The van der Waals surface area contributed by atoms with Crippen LogP contribution in [0.5, 0.6) is 5.75 Å². The molecule has 1 amide bonds. The molecule has 35 heavy (non-hydrogen) atoms. The van der Waals surface area contributed by atoms with E-state index >= 15 is 0 Å². The van der Waals surface area contributed by atoms with Crippen LogP contribution in [0.25, 0.3) is 16.7 Å². The summed E-state index contributed by atoms with van der Waals surface area (Å²) in [6, 6.07) is 14.2. The van der Waals surface area contributed by atoms with Gasteiger partial charge in [0.1, 0.15) is 21.9 Å². The summed E-state index contributed by atoms with van der Waals surface area (Å²) < 4.78 is 29.3. The van der Waals surface area contributed by atoms with Crippen LogP contribution in [-0.2, 0) is 9.84 Å². The zero-order valence-corrected chi connectivity index (χ0v) is 19.9. The lowest BCUT2D eigenvalue weighted by atomic mass is 10.1. The average Bonchev–Trinajstić information content (AvgIpc) is 3.29. The van der Waals surface area contributed by atoms with Crippen LogP contribution in [0.1, 0.15) is 15.9 Å². The van der Waals surface area contributed by atoms with Crippen molar-refractivity contribution < 1.29 is 17.9 Å². The molecular weight excluding hydrogens is 470 g/mol. The molecule has 0 aliphatic heterocycles. The summed E-state index contributed by atoms with van der Waals surface area (Å²) in [7, 11) is -1.53. The van der Waals surface area contributed by atoms with Crippen molar-refractivity contribution in [2.45, 2.75) is 0 Å². The number of benzene rings is 2. The van der Waals surface area contributed by atoms with E-state index in [4.69, 9.17) is 4.74 Å². The highest BCUT2D eigenvalue weighted by molar-refractivity contribution is 7.90. The van der Waals surface area contributed by atoms with Crippen molar-refractivity contribution in [2.75, 3.05) is 31.1 Å². The highest BCUT2D eigenvalue weighted by Crippen LogP contribution is 2.23. The van der Waals surface area contributed by atoms with Crippen molar-refractivity contribution in [1.82, 2.24) is 25.1 Å². The Hall–Kier alpha value is -4.32. The van der Waals surface area contributed by atoms with Crippen molar-refractivity contribution in [3.05, 3.63) is 72.2 Å². The molecule has 0 radical (unpaired) electrons.